The van der Waals surface area contributed by atoms with Gasteiger partial charge in [0.15, 0.2) is 11.5 Å². The number of amides is 2. The van der Waals surface area contributed by atoms with Crippen molar-refractivity contribution in [2.45, 2.75) is 13.3 Å². The Morgan fingerprint density at radius 2 is 2.00 bits per heavy atom. The summed E-state index contributed by atoms with van der Waals surface area (Å²) < 4.78 is 33.0. The molecule has 176 valence electrons. The average Bonchev–Trinajstić information content (AvgIpc) is 3.45. The maximum Gasteiger partial charge on any atom is 0.274 e. The molecule has 0 aliphatic carbocycles. The fourth-order valence-corrected chi connectivity index (χ4v) is 3.51. The lowest BCUT2D eigenvalue weighted by atomic mass is 10.1. The number of carbonyl (C=O) groups excluding carboxylic acids is 2. The third-order valence-corrected chi connectivity index (χ3v) is 5.11. The molecule has 0 fully saturated rings. The van der Waals surface area contributed by atoms with Crippen LogP contribution in [0.4, 0.5) is 14.5 Å². The van der Waals surface area contributed by atoms with Gasteiger partial charge in [-0.15, -0.1) is 5.10 Å². The number of nitrogens with zero attached hydrogens (tertiary/aromatic N) is 5. The number of nitrogens with one attached hydrogen (secondary N) is 2. The molecule has 0 saturated carbocycles. The second-order valence-corrected chi connectivity index (χ2v) is 7.47. The highest BCUT2D eigenvalue weighted by Crippen LogP contribution is 2.26. The molecule has 4 rings (SSSR count). The highest BCUT2D eigenvalue weighted by Gasteiger charge is 2.25. The number of halogens is 3. The Bertz CT molecular complexity index is 1390. The molecular weight excluding hydrogens is 472 g/mol. The van der Waals surface area contributed by atoms with Gasteiger partial charge >= 0.3 is 0 Å². The van der Waals surface area contributed by atoms with Crippen molar-refractivity contribution in [3.8, 4) is 11.7 Å². The van der Waals surface area contributed by atoms with Gasteiger partial charge in [0.1, 0.15) is 5.69 Å². The number of fused-ring (bicyclic) bond motifs is 1. The van der Waals surface area contributed by atoms with Gasteiger partial charge in [-0.3, -0.25) is 9.59 Å². The van der Waals surface area contributed by atoms with E-state index in [0.29, 0.717) is 11.1 Å². The van der Waals surface area contributed by atoms with Crippen molar-refractivity contribution in [2.75, 3.05) is 19.0 Å². The van der Waals surface area contributed by atoms with E-state index in [9.17, 15) is 18.4 Å². The van der Waals surface area contributed by atoms with Crippen LogP contribution in [0.3, 0.4) is 0 Å². The zero-order valence-corrected chi connectivity index (χ0v) is 18.7. The fourth-order valence-electron chi connectivity index (χ4n) is 3.31. The summed E-state index contributed by atoms with van der Waals surface area (Å²) >= 11 is 6.23. The summed E-state index contributed by atoms with van der Waals surface area (Å²) in [7, 11) is 1.38. The monoisotopic (exact) mass is 489 g/mol. The van der Waals surface area contributed by atoms with Crippen LogP contribution in [0.25, 0.3) is 11.3 Å². The van der Waals surface area contributed by atoms with Crippen LogP contribution in [0, 0.1) is 6.92 Å². The minimum atomic E-state index is -2.75. The fraction of sp³-hybridized carbons (Fsp3) is 0.190. The summed E-state index contributed by atoms with van der Waals surface area (Å²) in [5.41, 5.74) is 1.05. The number of methoxy groups -OCH3 is 1. The predicted octanol–water partition coefficient (Wildman–Crippen LogP) is 3.13. The number of ether oxygens (including phenoxy) is 1. The van der Waals surface area contributed by atoms with E-state index in [0.717, 1.165) is 0 Å². The van der Waals surface area contributed by atoms with Gasteiger partial charge in [-0.05, 0) is 36.8 Å². The molecule has 4 aromatic heterocycles. The van der Waals surface area contributed by atoms with Crippen LogP contribution in [0.15, 0.2) is 42.7 Å². The van der Waals surface area contributed by atoms with E-state index in [-0.39, 0.29) is 33.8 Å². The number of pyridine rings is 2. The van der Waals surface area contributed by atoms with Crippen LogP contribution in [0.2, 0.25) is 5.02 Å². The van der Waals surface area contributed by atoms with Crippen molar-refractivity contribution in [3.05, 3.63) is 64.7 Å². The van der Waals surface area contributed by atoms with Crippen molar-refractivity contribution >= 4 is 34.6 Å². The molecule has 0 unspecified atom stereocenters. The van der Waals surface area contributed by atoms with Crippen LogP contribution in [-0.4, -0.2) is 56.3 Å². The van der Waals surface area contributed by atoms with Gasteiger partial charge < -0.3 is 15.4 Å². The Labute approximate surface area is 196 Å². The topological polar surface area (TPSA) is 115 Å². The van der Waals surface area contributed by atoms with Crippen molar-refractivity contribution in [1.82, 2.24) is 29.7 Å². The van der Waals surface area contributed by atoms with E-state index in [1.807, 2.05) is 0 Å². The quantitative estimate of drug-likeness (QED) is 0.412. The number of carbonyl (C=O) groups is 2. The van der Waals surface area contributed by atoms with Crippen LogP contribution < -0.4 is 15.4 Å². The Morgan fingerprint density at radius 3 is 2.71 bits per heavy atom. The van der Waals surface area contributed by atoms with E-state index >= 15 is 0 Å². The Morgan fingerprint density at radius 1 is 1.21 bits per heavy atom. The molecule has 10 nitrogen and oxygen atoms in total. The summed E-state index contributed by atoms with van der Waals surface area (Å²) in [4.78, 5) is 30.3. The van der Waals surface area contributed by atoms with Gasteiger partial charge in [-0.2, -0.15) is 5.10 Å². The van der Waals surface area contributed by atoms with Crippen molar-refractivity contribution in [3.63, 3.8) is 0 Å². The van der Waals surface area contributed by atoms with Gasteiger partial charge in [-0.25, -0.2) is 23.0 Å². The molecule has 2 N–H and O–H groups in total. The molecule has 0 saturated heterocycles. The number of aromatic nitrogens is 5. The Kier molecular flexibility index (Phi) is 6.41. The number of hydrogen-bond donors (Lipinski definition) is 2. The normalized spacial score (nSPS) is 11.1. The number of aryl methyl sites for hydroxylation is 1. The molecule has 0 spiro atoms. The summed E-state index contributed by atoms with van der Waals surface area (Å²) in [6, 6.07) is 7.92. The SMILES string of the molecule is COc1cc(C(=O)Nc2c(C)cc3ccnn3c2C(=O)NCC(F)F)n(-c2ncccc2Cl)n1. The van der Waals surface area contributed by atoms with E-state index < -0.39 is 24.8 Å². The first-order valence-corrected chi connectivity index (χ1v) is 10.3. The minimum Gasteiger partial charge on any atom is -0.480 e. The molecule has 4 aromatic rings. The van der Waals surface area contributed by atoms with Crippen molar-refractivity contribution < 1.29 is 23.1 Å². The molecule has 0 aliphatic heterocycles. The molecule has 0 radical (unpaired) electrons. The highest BCUT2D eigenvalue weighted by atomic mass is 35.5. The Balaban J connectivity index is 1.78. The zero-order chi connectivity index (χ0) is 24.4. The molecular formula is C21H18ClF2N7O3. The average molecular weight is 490 g/mol. The van der Waals surface area contributed by atoms with E-state index in [4.69, 9.17) is 16.3 Å². The van der Waals surface area contributed by atoms with Gasteiger partial charge in [-0.1, -0.05) is 11.6 Å². The van der Waals surface area contributed by atoms with Crippen LogP contribution in [0.5, 0.6) is 5.88 Å². The smallest absolute Gasteiger partial charge is 0.274 e. The molecule has 34 heavy (non-hydrogen) atoms. The van der Waals surface area contributed by atoms with Gasteiger partial charge in [0.2, 0.25) is 5.88 Å². The van der Waals surface area contributed by atoms with E-state index in [1.165, 1.54) is 34.8 Å². The molecule has 0 aliphatic rings. The summed E-state index contributed by atoms with van der Waals surface area (Å²) in [6.07, 6.45) is 0.191. The summed E-state index contributed by atoms with van der Waals surface area (Å²) in [6.45, 7) is 0.811. The van der Waals surface area contributed by atoms with Crippen molar-refractivity contribution in [2.24, 2.45) is 0 Å². The maximum atomic E-state index is 13.3. The van der Waals surface area contributed by atoms with Crippen LogP contribution in [0.1, 0.15) is 26.5 Å². The minimum absolute atomic E-state index is 0.0105. The third-order valence-electron chi connectivity index (χ3n) is 4.82. The predicted molar refractivity (Wildman–Crippen MR) is 119 cm³/mol. The zero-order valence-electron chi connectivity index (χ0n) is 17.9. The lowest BCUT2D eigenvalue weighted by Crippen LogP contribution is -2.32. The molecule has 0 aromatic carbocycles. The lowest BCUT2D eigenvalue weighted by Gasteiger charge is -2.16. The lowest BCUT2D eigenvalue weighted by molar-refractivity contribution is 0.0885. The first-order chi connectivity index (χ1) is 16.3. The Hall–Kier alpha value is -4.06. The van der Waals surface area contributed by atoms with E-state index in [2.05, 4.69) is 25.8 Å². The van der Waals surface area contributed by atoms with Crippen LogP contribution in [-0.2, 0) is 0 Å². The van der Waals surface area contributed by atoms with Gasteiger partial charge in [0, 0.05) is 12.3 Å². The second-order valence-electron chi connectivity index (χ2n) is 7.07. The molecule has 4 heterocycles. The molecule has 0 bridgehead atoms. The van der Waals surface area contributed by atoms with Gasteiger partial charge in [0.05, 0.1) is 36.1 Å². The number of alkyl halides is 2. The molecule has 0 atom stereocenters. The largest absolute Gasteiger partial charge is 0.480 e. The van der Waals surface area contributed by atoms with E-state index in [1.54, 1.807) is 31.2 Å². The number of anilines is 1. The van der Waals surface area contributed by atoms with Gasteiger partial charge in [0.25, 0.3) is 18.2 Å². The standard InChI is InChI=1S/C21H18ClF2N7O3/c1-11-8-12-5-7-27-30(12)18(21(33)26-10-15(23)24)17(11)28-20(32)14-9-16(34-2)29-31(14)19-13(22)4-3-6-25-19/h3-9,15H,10H2,1-2H3,(H,26,33)(H,28,32). The first kappa shape index (κ1) is 23.1. The summed E-state index contributed by atoms with van der Waals surface area (Å²) in [5, 5.41) is 13.4. The third kappa shape index (κ3) is 4.39. The summed E-state index contributed by atoms with van der Waals surface area (Å²) in [5.74, 6) is -1.19. The first-order valence-electron chi connectivity index (χ1n) is 9.90. The number of hydrogen-bond acceptors (Lipinski definition) is 6. The van der Waals surface area contributed by atoms with Crippen molar-refractivity contribution in [1.29, 1.82) is 0 Å². The second kappa shape index (κ2) is 9.43. The van der Waals surface area contributed by atoms with Crippen LogP contribution >= 0.6 is 11.6 Å². The molecule has 13 heteroatoms. The number of rotatable bonds is 7. The maximum absolute atomic E-state index is 13.3. The highest BCUT2D eigenvalue weighted by molar-refractivity contribution is 6.32. The molecule has 2 amide bonds.